The Morgan fingerprint density at radius 2 is 1.83 bits per heavy atom. The number of rotatable bonds is 7. The highest BCUT2D eigenvalue weighted by Crippen LogP contribution is 2.24. The van der Waals surface area contributed by atoms with Gasteiger partial charge in [0, 0.05) is 18.8 Å². The predicted molar refractivity (Wildman–Crippen MR) is 93.7 cm³/mol. The number of likely N-dealkylation sites (tertiary alicyclic amines) is 1. The molecule has 23 heavy (non-hydrogen) atoms. The Morgan fingerprint density at radius 1 is 1.17 bits per heavy atom. The third-order valence-corrected chi connectivity index (χ3v) is 4.71. The Morgan fingerprint density at radius 3 is 2.39 bits per heavy atom. The van der Waals surface area contributed by atoms with Crippen molar-refractivity contribution in [2.45, 2.75) is 59.0 Å². The number of hydrogen-bond donors (Lipinski definition) is 0. The van der Waals surface area contributed by atoms with Crippen molar-refractivity contribution in [3.63, 3.8) is 0 Å². The summed E-state index contributed by atoms with van der Waals surface area (Å²) < 4.78 is 10.3. The lowest BCUT2D eigenvalue weighted by Crippen LogP contribution is -2.41. The van der Waals surface area contributed by atoms with Gasteiger partial charge >= 0.3 is 12.1 Å². The van der Waals surface area contributed by atoms with E-state index >= 15 is 0 Å². The lowest BCUT2D eigenvalue weighted by atomic mass is 9.95. The molecule has 0 radical (unpaired) electrons. The molecule has 1 aliphatic heterocycles. The van der Waals surface area contributed by atoms with Gasteiger partial charge in [-0.1, -0.05) is 0 Å². The van der Waals surface area contributed by atoms with Gasteiger partial charge in [-0.25, -0.2) is 4.79 Å². The Labute approximate surface area is 144 Å². The SMILES string of the molecule is CCOC(=O)CCSCCC1CCN(C(=O)OC(C)(C)C)CC1. The maximum absolute atomic E-state index is 12.0. The quantitative estimate of drug-likeness (QED) is 0.520. The average molecular weight is 346 g/mol. The Balaban J connectivity index is 2.10. The first-order valence-corrected chi connectivity index (χ1v) is 9.68. The van der Waals surface area contributed by atoms with E-state index < -0.39 is 5.60 Å². The van der Waals surface area contributed by atoms with Crippen molar-refractivity contribution >= 4 is 23.8 Å². The van der Waals surface area contributed by atoms with Crippen LogP contribution in [0.3, 0.4) is 0 Å². The van der Waals surface area contributed by atoms with Crippen LogP contribution in [0.4, 0.5) is 4.79 Å². The largest absolute Gasteiger partial charge is 0.466 e. The van der Waals surface area contributed by atoms with Crippen molar-refractivity contribution in [1.82, 2.24) is 4.90 Å². The molecule has 1 aliphatic rings. The van der Waals surface area contributed by atoms with Gasteiger partial charge in [0.15, 0.2) is 0 Å². The molecule has 1 heterocycles. The number of amides is 1. The van der Waals surface area contributed by atoms with Crippen LogP contribution in [0, 0.1) is 5.92 Å². The van der Waals surface area contributed by atoms with Crippen molar-refractivity contribution in [1.29, 1.82) is 0 Å². The first-order chi connectivity index (χ1) is 10.8. The van der Waals surface area contributed by atoms with Crippen molar-refractivity contribution in [2.24, 2.45) is 5.92 Å². The molecule has 1 amide bonds. The second-order valence-corrected chi connectivity index (χ2v) is 8.09. The number of piperidine rings is 1. The Bertz CT molecular complexity index is 373. The van der Waals surface area contributed by atoms with Crippen LogP contribution in [0.2, 0.25) is 0 Å². The molecular weight excluding hydrogens is 314 g/mol. The highest BCUT2D eigenvalue weighted by Gasteiger charge is 2.26. The van der Waals surface area contributed by atoms with Gasteiger partial charge in [-0.15, -0.1) is 0 Å². The van der Waals surface area contributed by atoms with Gasteiger partial charge in [0.05, 0.1) is 13.0 Å². The molecule has 0 aromatic rings. The van der Waals surface area contributed by atoms with Gasteiger partial charge in [-0.3, -0.25) is 4.79 Å². The summed E-state index contributed by atoms with van der Waals surface area (Å²) in [6, 6.07) is 0. The highest BCUT2D eigenvalue weighted by molar-refractivity contribution is 7.99. The van der Waals surface area contributed by atoms with E-state index in [1.807, 2.05) is 44.4 Å². The summed E-state index contributed by atoms with van der Waals surface area (Å²) in [4.78, 5) is 25.0. The van der Waals surface area contributed by atoms with Crippen molar-refractivity contribution < 1.29 is 19.1 Å². The molecule has 0 atom stereocenters. The predicted octanol–water partition coefficient (Wildman–Crippen LogP) is 3.71. The first-order valence-electron chi connectivity index (χ1n) is 8.53. The van der Waals surface area contributed by atoms with Crippen molar-refractivity contribution in [3.8, 4) is 0 Å². The van der Waals surface area contributed by atoms with Crippen molar-refractivity contribution in [3.05, 3.63) is 0 Å². The van der Waals surface area contributed by atoms with E-state index in [1.54, 1.807) is 0 Å². The normalized spacial score (nSPS) is 16.3. The van der Waals surface area contributed by atoms with Crippen LogP contribution in [0.5, 0.6) is 0 Å². The summed E-state index contributed by atoms with van der Waals surface area (Å²) in [7, 11) is 0. The van der Waals surface area contributed by atoms with E-state index in [1.165, 1.54) is 0 Å². The van der Waals surface area contributed by atoms with E-state index in [0.29, 0.717) is 18.9 Å². The Kier molecular flexibility index (Phi) is 8.81. The van der Waals surface area contributed by atoms with Crippen LogP contribution >= 0.6 is 11.8 Å². The van der Waals surface area contributed by atoms with Gasteiger partial charge in [-0.05, 0) is 58.6 Å². The summed E-state index contributed by atoms with van der Waals surface area (Å²) >= 11 is 1.81. The van der Waals surface area contributed by atoms with Crippen LogP contribution in [-0.2, 0) is 14.3 Å². The molecule has 6 heteroatoms. The van der Waals surface area contributed by atoms with E-state index in [0.717, 1.165) is 43.9 Å². The fourth-order valence-corrected chi connectivity index (χ4v) is 3.49. The van der Waals surface area contributed by atoms with Crippen LogP contribution in [0.1, 0.15) is 53.4 Å². The number of carbonyl (C=O) groups excluding carboxylic acids is 2. The number of thioether (sulfide) groups is 1. The smallest absolute Gasteiger partial charge is 0.410 e. The zero-order valence-corrected chi connectivity index (χ0v) is 15.7. The molecule has 1 fully saturated rings. The van der Waals surface area contributed by atoms with Gasteiger partial charge < -0.3 is 14.4 Å². The molecule has 134 valence electrons. The second kappa shape index (κ2) is 10.1. The zero-order valence-electron chi connectivity index (χ0n) is 14.9. The zero-order chi connectivity index (χ0) is 17.3. The monoisotopic (exact) mass is 345 g/mol. The summed E-state index contributed by atoms with van der Waals surface area (Å²) in [5.74, 6) is 2.46. The molecule has 0 aromatic heterocycles. The van der Waals surface area contributed by atoms with Crippen LogP contribution in [0.15, 0.2) is 0 Å². The Hall–Kier alpha value is -0.910. The minimum absolute atomic E-state index is 0.106. The minimum Gasteiger partial charge on any atom is -0.466 e. The molecule has 0 bridgehead atoms. The molecule has 5 nitrogen and oxygen atoms in total. The maximum atomic E-state index is 12.0. The summed E-state index contributed by atoms with van der Waals surface area (Å²) in [6.45, 7) is 9.54. The standard InChI is InChI=1S/C17H31NO4S/c1-5-21-15(19)9-13-23-12-8-14-6-10-18(11-7-14)16(20)22-17(2,3)4/h14H,5-13H2,1-4H3. The van der Waals surface area contributed by atoms with Crippen LogP contribution < -0.4 is 0 Å². The molecule has 0 spiro atoms. The molecule has 1 rings (SSSR count). The van der Waals surface area contributed by atoms with Crippen LogP contribution in [-0.4, -0.2) is 53.8 Å². The molecule has 1 saturated heterocycles. The lowest BCUT2D eigenvalue weighted by molar-refractivity contribution is -0.142. The second-order valence-electron chi connectivity index (χ2n) is 6.87. The van der Waals surface area contributed by atoms with Crippen LogP contribution in [0.25, 0.3) is 0 Å². The average Bonchev–Trinajstić information content (AvgIpc) is 2.46. The number of esters is 1. The molecule has 0 unspecified atom stereocenters. The van der Waals surface area contributed by atoms with Gasteiger partial charge in [0.2, 0.25) is 0 Å². The van der Waals surface area contributed by atoms with E-state index in [-0.39, 0.29) is 12.1 Å². The topological polar surface area (TPSA) is 55.8 Å². The highest BCUT2D eigenvalue weighted by atomic mass is 32.2. The number of hydrogen-bond acceptors (Lipinski definition) is 5. The van der Waals surface area contributed by atoms with E-state index in [2.05, 4.69) is 0 Å². The molecule has 0 aliphatic carbocycles. The summed E-state index contributed by atoms with van der Waals surface area (Å²) in [5.41, 5.74) is -0.427. The third-order valence-electron chi connectivity index (χ3n) is 3.69. The fraction of sp³-hybridized carbons (Fsp3) is 0.882. The van der Waals surface area contributed by atoms with E-state index in [4.69, 9.17) is 9.47 Å². The van der Waals surface area contributed by atoms with Gasteiger partial charge in [0.1, 0.15) is 5.60 Å². The minimum atomic E-state index is -0.427. The fourth-order valence-electron chi connectivity index (χ4n) is 2.47. The summed E-state index contributed by atoms with van der Waals surface area (Å²) in [5, 5.41) is 0. The van der Waals surface area contributed by atoms with Gasteiger partial charge in [0.25, 0.3) is 0 Å². The molecular formula is C17H31NO4S. The molecule has 0 N–H and O–H groups in total. The van der Waals surface area contributed by atoms with E-state index in [9.17, 15) is 9.59 Å². The maximum Gasteiger partial charge on any atom is 0.410 e. The molecule has 0 aromatic carbocycles. The number of ether oxygens (including phenoxy) is 2. The molecule has 0 saturated carbocycles. The lowest BCUT2D eigenvalue weighted by Gasteiger charge is -2.33. The number of nitrogens with zero attached hydrogens (tertiary/aromatic N) is 1. The first kappa shape index (κ1) is 20.1. The van der Waals surface area contributed by atoms with Crippen molar-refractivity contribution in [2.75, 3.05) is 31.2 Å². The summed E-state index contributed by atoms with van der Waals surface area (Å²) in [6.07, 6.45) is 3.53. The third kappa shape index (κ3) is 9.08. The number of carbonyl (C=O) groups is 2. The van der Waals surface area contributed by atoms with Gasteiger partial charge in [-0.2, -0.15) is 11.8 Å².